The minimum absolute atomic E-state index is 0.0217. The second-order valence-corrected chi connectivity index (χ2v) is 11.2. The van der Waals surface area contributed by atoms with Gasteiger partial charge in [-0.1, -0.05) is 12.1 Å². The fourth-order valence-corrected chi connectivity index (χ4v) is 6.13. The molecular formula is C26H22F6N2O4S. The van der Waals surface area contributed by atoms with Gasteiger partial charge >= 0.3 is 12.8 Å². The quantitative estimate of drug-likeness (QED) is 0.369. The predicted octanol–water partition coefficient (Wildman–Crippen LogP) is 5.68. The van der Waals surface area contributed by atoms with E-state index in [1.54, 1.807) is 0 Å². The normalized spacial score (nSPS) is 17.9. The molecule has 1 atom stereocenters. The highest BCUT2D eigenvalue weighted by molar-refractivity contribution is 7.92. The highest BCUT2D eigenvalue weighted by atomic mass is 32.2. The van der Waals surface area contributed by atoms with Crippen LogP contribution in [0.2, 0.25) is 0 Å². The number of rotatable bonds is 7. The van der Waals surface area contributed by atoms with Gasteiger partial charge in [-0.15, -0.1) is 0 Å². The number of sulfonamides is 1. The summed E-state index contributed by atoms with van der Waals surface area (Å²) in [6, 6.07) is 10.8. The predicted molar refractivity (Wildman–Crippen MR) is 130 cm³/mol. The standard InChI is InChI=1S/C26H22F6N2O4S/c27-19-7-17(8-20(11-19)38-25(28)29)16-4-5-24-23(9-16)34(14-21(37-24)6-15-12-33-13-15)39(35,36)22-3-1-2-18(10-22)26(30,31)32/h1-5,7-11,15,21,25,33H,6,12-14H2/t21-/m0/s1. The van der Waals surface area contributed by atoms with Crippen molar-refractivity contribution in [1.29, 1.82) is 0 Å². The molecule has 0 amide bonds. The van der Waals surface area contributed by atoms with Gasteiger partial charge in [0.15, 0.2) is 0 Å². The van der Waals surface area contributed by atoms with Crippen LogP contribution in [-0.2, 0) is 16.2 Å². The van der Waals surface area contributed by atoms with E-state index in [-0.39, 0.29) is 35.0 Å². The summed E-state index contributed by atoms with van der Waals surface area (Å²) in [5.41, 5.74) is -0.725. The van der Waals surface area contributed by atoms with Crippen molar-refractivity contribution in [2.24, 2.45) is 5.92 Å². The first-order valence-corrected chi connectivity index (χ1v) is 13.3. The SMILES string of the molecule is O=S(=O)(c1cccc(C(F)(F)F)c1)N1C[C@H](CC2CNC2)Oc2ccc(-c3cc(F)cc(OC(F)F)c3)cc21. The third-order valence-electron chi connectivity index (χ3n) is 6.53. The number of benzene rings is 3. The van der Waals surface area contributed by atoms with Crippen LogP contribution < -0.4 is 19.1 Å². The van der Waals surface area contributed by atoms with Crippen LogP contribution in [0.15, 0.2) is 65.6 Å². The Balaban J connectivity index is 1.58. The maximum atomic E-state index is 14.2. The van der Waals surface area contributed by atoms with Crippen LogP contribution in [0.5, 0.6) is 11.5 Å². The molecule has 0 unspecified atom stereocenters. The average molecular weight is 573 g/mol. The van der Waals surface area contributed by atoms with E-state index in [4.69, 9.17) is 4.74 Å². The zero-order valence-corrected chi connectivity index (χ0v) is 20.9. The molecule has 13 heteroatoms. The Morgan fingerprint density at radius 2 is 1.79 bits per heavy atom. The topological polar surface area (TPSA) is 67.9 Å². The van der Waals surface area contributed by atoms with E-state index >= 15 is 0 Å². The third kappa shape index (κ3) is 5.78. The third-order valence-corrected chi connectivity index (χ3v) is 8.31. The molecule has 2 heterocycles. The Morgan fingerprint density at radius 3 is 2.46 bits per heavy atom. The minimum Gasteiger partial charge on any atom is -0.486 e. The van der Waals surface area contributed by atoms with Crippen molar-refractivity contribution in [3.05, 3.63) is 72.0 Å². The van der Waals surface area contributed by atoms with Crippen molar-refractivity contribution in [1.82, 2.24) is 5.32 Å². The molecule has 5 rings (SSSR count). The molecule has 3 aromatic rings. The second kappa shape index (κ2) is 10.3. The average Bonchev–Trinajstić information content (AvgIpc) is 2.84. The van der Waals surface area contributed by atoms with Crippen LogP contribution in [0.1, 0.15) is 12.0 Å². The summed E-state index contributed by atoms with van der Waals surface area (Å²) >= 11 is 0. The lowest BCUT2D eigenvalue weighted by molar-refractivity contribution is -0.137. The van der Waals surface area contributed by atoms with E-state index in [0.29, 0.717) is 12.5 Å². The molecule has 1 fully saturated rings. The zero-order valence-electron chi connectivity index (χ0n) is 20.1. The molecule has 0 aliphatic carbocycles. The minimum atomic E-state index is -4.75. The Labute approximate surface area is 220 Å². The Hall–Kier alpha value is -3.45. The molecule has 1 saturated heterocycles. The first kappa shape index (κ1) is 27.1. The van der Waals surface area contributed by atoms with Crippen molar-refractivity contribution < 1.29 is 44.2 Å². The van der Waals surface area contributed by atoms with Gasteiger partial charge in [0.1, 0.15) is 23.4 Å². The van der Waals surface area contributed by atoms with Crippen molar-refractivity contribution in [3.63, 3.8) is 0 Å². The van der Waals surface area contributed by atoms with Gasteiger partial charge in [0.25, 0.3) is 10.0 Å². The number of fused-ring (bicyclic) bond motifs is 1. The molecular weight excluding hydrogens is 550 g/mol. The lowest BCUT2D eigenvalue weighted by Gasteiger charge is -2.38. The van der Waals surface area contributed by atoms with E-state index in [0.717, 1.165) is 47.7 Å². The molecule has 208 valence electrons. The second-order valence-electron chi connectivity index (χ2n) is 9.30. The van der Waals surface area contributed by atoms with Gasteiger partial charge in [0.05, 0.1) is 22.7 Å². The number of hydrogen-bond donors (Lipinski definition) is 1. The van der Waals surface area contributed by atoms with Crippen LogP contribution in [0.25, 0.3) is 11.1 Å². The van der Waals surface area contributed by atoms with Gasteiger partial charge in [0.2, 0.25) is 0 Å². The molecule has 39 heavy (non-hydrogen) atoms. The molecule has 0 saturated carbocycles. The van der Waals surface area contributed by atoms with Crippen molar-refractivity contribution >= 4 is 15.7 Å². The van der Waals surface area contributed by atoms with Crippen LogP contribution in [0, 0.1) is 11.7 Å². The van der Waals surface area contributed by atoms with Gasteiger partial charge in [0, 0.05) is 6.07 Å². The number of hydrogen-bond acceptors (Lipinski definition) is 5. The first-order valence-electron chi connectivity index (χ1n) is 11.9. The van der Waals surface area contributed by atoms with Crippen molar-refractivity contribution in [2.45, 2.75) is 30.2 Å². The number of nitrogens with zero attached hydrogens (tertiary/aromatic N) is 1. The van der Waals surface area contributed by atoms with Gasteiger partial charge < -0.3 is 14.8 Å². The molecule has 1 N–H and O–H groups in total. The lowest BCUT2D eigenvalue weighted by Crippen LogP contribution is -2.49. The van der Waals surface area contributed by atoms with Crippen LogP contribution in [0.4, 0.5) is 32.0 Å². The zero-order chi connectivity index (χ0) is 27.9. The Bertz CT molecular complexity index is 1480. The summed E-state index contributed by atoms with van der Waals surface area (Å²) in [5, 5.41) is 3.12. The van der Waals surface area contributed by atoms with E-state index in [2.05, 4.69) is 10.1 Å². The smallest absolute Gasteiger partial charge is 0.416 e. The van der Waals surface area contributed by atoms with E-state index in [1.807, 2.05) is 0 Å². The summed E-state index contributed by atoms with van der Waals surface area (Å²) in [6.07, 6.45) is -4.81. The number of ether oxygens (including phenoxy) is 2. The van der Waals surface area contributed by atoms with E-state index in [1.165, 1.54) is 24.3 Å². The molecule has 6 nitrogen and oxygen atoms in total. The van der Waals surface area contributed by atoms with Crippen LogP contribution in [-0.4, -0.2) is 40.8 Å². The van der Waals surface area contributed by atoms with Gasteiger partial charge in [-0.3, -0.25) is 4.31 Å². The van der Waals surface area contributed by atoms with Gasteiger partial charge in [-0.2, -0.15) is 22.0 Å². The summed E-state index contributed by atoms with van der Waals surface area (Å²) in [5.74, 6) is -0.885. The van der Waals surface area contributed by atoms with E-state index < -0.39 is 50.9 Å². The number of anilines is 1. The van der Waals surface area contributed by atoms with Crippen molar-refractivity contribution in [2.75, 3.05) is 23.9 Å². The highest BCUT2D eigenvalue weighted by Gasteiger charge is 2.38. The maximum Gasteiger partial charge on any atom is 0.416 e. The summed E-state index contributed by atoms with van der Waals surface area (Å²) in [4.78, 5) is -0.557. The first-order chi connectivity index (χ1) is 18.4. The summed E-state index contributed by atoms with van der Waals surface area (Å²) in [7, 11) is -4.51. The van der Waals surface area contributed by atoms with Crippen LogP contribution in [0.3, 0.4) is 0 Å². The Kier molecular flexibility index (Phi) is 7.14. The van der Waals surface area contributed by atoms with Crippen LogP contribution >= 0.6 is 0 Å². The fourth-order valence-electron chi connectivity index (χ4n) is 4.59. The molecule has 3 aromatic carbocycles. The number of nitrogens with one attached hydrogen (secondary N) is 1. The molecule has 0 spiro atoms. The van der Waals surface area contributed by atoms with E-state index in [9.17, 15) is 34.8 Å². The largest absolute Gasteiger partial charge is 0.486 e. The van der Waals surface area contributed by atoms with Crippen molar-refractivity contribution in [3.8, 4) is 22.6 Å². The van der Waals surface area contributed by atoms with Gasteiger partial charge in [-0.05, 0) is 79.0 Å². The number of alkyl halides is 5. The Morgan fingerprint density at radius 1 is 1.03 bits per heavy atom. The maximum absolute atomic E-state index is 14.2. The molecule has 0 aromatic heterocycles. The van der Waals surface area contributed by atoms with Gasteiger partial charge in [-0.25, -0.2) is 12.8 Å². The molecule has 0 bridgehead atoms. The number of halogens is 6. The molecule has 2 aliphatic rings. The molecule has 0 radical (unpaired) electrons. The monoisotopic (exact) mass is 572 g/mol. The summed E-state index contributed by atoms with van der Waals surface area (Å²) in [6.45, 7) is -1.90. The highest BCUT2D eigenvalue weighted by Crippen LogP contribution is 2.42. The lowest BCUT2D eigenvalue weighted by atomic mass is 9.95. The fraction of sp³-hybridized carbons (Fsp3) is 0.308. The molecule has 2 aliphatic heterocycles. The summed E-state index contributed by atoms with van der Waals surface area (Å²) < 4.78 is 118.